The molecule has 0 saturated carbocycles. The van der Waals surface area contributed by atoms with Crippen LogP contribution in [0, 0.1) is 0 Å². The van der Waals surface area contributed by atoms with Crippen LogP contribution in [0.25, 0.3) is 0 Å². The van der Waals surface area contributed by atoms with Crippen LogP contribution >= 0.6 is 0 Å². The zero-order chi connectivity index (χ0) is 14.4. The van der Waals surface area contributed by atoms with Crippen LogP contribution in [0.15, 0.2) is 23.4 Å². The number of amides is 1. The summed E-state index contributed by atoms with van der Waals surface area (Å²) in [6.07, 6.45) is 3.97. The molecule has 0 bridgehead atoms. The summed E-state index contributed by atoms with van der Waals surface area (Å²) in [5.74, 6) is -0.0850. The third-order valence-electron chi connectivity index (χ3n) is 3.26. The first-order chi connectivity index (χ1) is 9.01. The summed E-state index contributed by atoms with van der Waals surface area (Å²) < 4.78 is 5.51. The van der Waals surface area contributed by atoms with Gasteiger partial charge in [-0.1, -0.05) is 0 Å². The summed E-state index contributed by atoms with van der Waals surface area (Å²) in [4.78, 5) is 25.0. The summed E-state index contributed by atoms with van der Waals surface area (Å²) in [6.45, 7) is 6.71. The van der Waals surface area contributed by atoms with Crippen molar-refractivity contribution >= 4 is 12.2 Å². The molecular weight excluding hydrogens is 244 g/mol. The molecule has 1 N–H and O–H groups in total. The molecule has 1 aliphatic rings. The minimum atomic E-state index is -0.0850. The quantitative estimate of drug-likeness (QED) is 0.466. The first kappa shape index (κ1) is 15.4. The van der Waals surface area contributed by atoms with Crippen LogP contribution in [0.5, 0.6) is 0 Å². The maximum Gasteiger partial charge on any atom is 0.255 e. The molecule has 1 saturated heterocycles. The van der Waals surface area contributed by atoms with E-state index in [0.29, 0.717) is 24.3 Å². The summed E-state index contributed by atoms with van der Waals surface area (Å²) in [5.41, 5.74) is 0.997. The molecule has 1 heterocycles. The van der Waals surface area contributed by atoms with Gasteiger partial charge in [0.15, 0.2) is 0 Å². The van der Waals surface area contributed by atoms with E-state index in [1.807, 2.05) is 13.8 Å². The fourth-order valence-corrected chi connectivity index (χ4v) is 1.99. The molecular formula is C14H22N2O3. The predicted molar refractivity (Wildman–Crippen MR) is 73.6 cm³/mol. The van der Waals surface area contributed by atoms with Crippen molar-refractivity contribution < 1.29 is 14.3 Å². The Balaban J connectivity index is 2.94. The van der Waals surface area contributed by atoms with Gasteiger partial charge in [-0.05, 0) is 32.4 Å². The van der Waals surface area contributed by atoms with E-state index >= 15 is 0 Å². The second kappa shape index (κ2) is 7.09. The minimum absolute atomic E-state index is 0.0182. The highest BCUT2D eigenvalue weighted by Crippen LogP contribution is 2.17. The molecule has 19 heavy (non-hydrogen) atoms. The van der Waals surface area contributed by atoms with E-state index in [1.165, 1.54) is 0 Å². The van der Waals surface area contributed by atoms with Crippen LogP contribution in [-0.4, -0.2) is 49.4 Å². The van der Waals surface area contributed by atoms with Crippen LogP contribution in [0.4, 0.5) is 0 Å². The average Bonchev–Trinajstić information content (AvgIpc) is 2.40. The van der Waals surface area contributed by atoms with E-state index in [-0.39, 0.29) is 18.1 Å². The summed E-state index contributed by atoms with van der Waals surface area (Å²) in [7, 11) is 1.72. The van der Waals surface area contributed by atoms with E-state index in [9.17, 15) is 9.59 Å². The second-order valence-electron chi connectivity index (χ2n) is 4.71. The van der Waals surface area contributed by atoms with Crippen molar-refractivity contribution in [1.82, 2.24) is 10.2 Å². The molecule has 0 aromatic heterocycles. The van der Waals surface area contributed by atoms with Crippen molar-refractivity contribution in [3.63, 3.8) is 0 Å². The highest BCUT2D eigenvalue weighted by molar-refractivity contribution is 5.97. The normalized spacial score (nSPS) is 25.2. The van der Waals surface area contributed by atoms with Gasteiger partial charge in [-0.3, -0.25) is 9.59 Å². The van der Waals surface area contributed by atoms with Gasteiger partial charge < -0.3 is 15.0 Å². The van der Waals surface area contributed by atoms with Crippen molar-refractivity contribution in [3.05, 3.63) is 23.4 Å². The largest absolute Gasteiger partial charge is 0.393 e. The number of hydrogen-bond donors (Lipinski definition) is 1. The molecule has 106 valence electrons. The molecule has 2 unspecified atom stereocenters. The Morgan fingerprint density at radius 3 is 2.68 bits per heavy atom. The van der Waals surface area contributed by atoms with Gasteiger partial charge in [0, 0.05) is 19.8 Å². The molecule has 0 aromatic carbocycles. The van der Waals surface area contributed by atoms with Crippen molar-refractivity contribution in [2.24, 2.45) is 0 Å². The van der Waals surface area contributed by atoms with Crippen molar-refractivity contribution in [2.75, 3.05) is 20.2 Å². The third-order valence-corrected chi connectivity index (χ3v) is 3.26. The van der Waals surface area contributed by atoms with E-state index < -0.39 is 0 Å². The third kappa shape index (κ3) is 3.92. The van der Waals surface area contributed by atoms with Gasteiger partial charge in [0.05, 0.1) is 24.3 Å². The van der Waals surface area contributed by atoms with E-state index in [4.69, 9.17) is 4.74 Å². The predicted octanol–water partition coefficient (Wildman–Crippen LogP) is 0.871. The lowest BCUT2D eigenvalue weighted by atomic mass is 10.1. The molecule has 1 fully saturated rings. The molecule has 0 aliphatic carbocycles. The zero-order valence-electron chi connectivity index (χ0n) is 12.0. The van der Waals surface area contributed by atoms with Gasteiger partial charge in [-0.2, -0.15) is 0 Å². The highest BCUT2D eigenvalue weighted by Gasteiger charge is 2.30. The lowest BCUT2D eigenvalue weighted by Gasteiger charge is -2.38. The number of carbonyl (C=O) groups excluding carboxylic acids is 2. The van der Waals surface area contributed by atoms with Gasteiger partial charge in [-0.15, -0.1) is 0 Å². The molecule has 0 radical (unpaired) electrons. The van der Waals surface area contributed by atoms with Crippen LogP contribution in [-0.2, 0) is 14.3 Å². The van der Waals surface area contributed by atoms with Crippen molar-refractivity contribution in [1.29, 1.82) is 0 Å². The molecule has 5 heteroatoms. The Morgan fingerprint density at radius 2 is 2.11 bits per heavy atom. The molecule has 1 aliphatic heterocycles. The first-order valence-corrected chi connectivity index (χ1v) is 6.44. The van der Waals surface area contributed by atoms with Crippen LogP contribution in [0.2, 0.25) is 0 Å². The van der Waals surface area contributed by atoms with Crippen LogP contribution < -0.4 is 5.32 Å². The summed E-state index contributed by atoms with van der Waals surface area (Å²) in [6, 6.07) is 0.0199. The van der Waals surface area contributed by atoms with E-state index in [1.54, 1.807) is 31.1 Å². The molecule has 1 amide bonds. The SMILES string of the molecule is CNC=C(/C=C(/C)C=O)C(=O)N1CCOC(C)C1C. The number of nitrogens with zero attached hydrogens (tertiary/aromatic N) is 1. The van der Waals surface area contributed by atoms with Gasteiger partial charge >= 0.3 is 0 Å². The fourth-order valence-electron chi connectivity index (χ4n) is 1.99. The second-order valence-corrected chi connectivity index (χ2v) is 4.71. The lowest BCUT2D eigenvalue weighted by Crippen LogP contribution is -2.51. The number of morpholine rings is 1. The van der Waals surface area contributed by atoms with Crippen LogP contribution in [0.1, 0.15) is 20.8 Å². The van der Waals surface area contributed by atoms with E-state index in [0.717, 1.165) is 6.29 Å². The Bertz CT molecular complexity index is 401. The van der Waals surface area contributed by atoms with Gasteiger partial charge in [-0.25, -0.2) is 0 Å². The van der Waals surface area contributed by atoms with Crippen molar-refractivity contribution in [3.8, 4) is 0 Å². The molecule has 5 nitrogen and oxygen atoms in total. The Morgan fingerprint density at radius 1 is 1.42 bits per heavy atom. The summed E-state index contributed by atoms with van der Waals surface area (Å²) >= 11 is 0. The highest BCUT2D eigenvalue weighted by atomic mass is 16.5. The summed E-state index contributed by atoms with van der Waals surface area (Å²) in [5, 5.41) is 2.84. The molecule has 0 aromatic rings. The first-order valence-electron chi connectivity index (χ1n) is 6.44. The number of ether oxygens (including phenoxy) is 1. The van der Waals surface area contributed by atoms with Crippen LogP contribution in [0.3, 0.4) is 0 Å². The number of aldehydes is 1. The lowest BCUT2D eigenvalue weighted by molar-refractivity contribution is -0.139. The number of nitrogens with one attached hydrogen (secondary N) is 1. The number of rotatable bonds is 4. The van der Waals surface area contributed by atoms with Gasteiger partial charge in [0.1, 0.15) is 6.29 Å². The van der Waals surface area contributed by atoms with Crippen molar-refractivity contribution in [2.45, 2.75) is 32.9 Å². The Kier molecular flexibility index (Phi) is 5.76. The van der Waals surface area contributed by atoms with Gasteiger partial charge in [0.2, 0.25) is 0 Å². The minimum Gasteiger partial charge on any atom is -0.393 e. The molecule has 1 rings (SSSR count). The smallest absolute Gasteiger partial charge is 0.255 e. The average molecular weight is 266 g/mol. The molecule has 2 atom stereocenters. The van der Waals surface area contributed by atoms with Gasteiger partial charge in [0.25, 0.3) is 5.91 Å². The maximum atomic E-state index is 12.5. The zero-order valence-corrected chi connectivity index (χ0v) is 12.0. The number of carbonyl (C=O) groups is 2. The van der Waals surface area contributed by atoms with E-state index in [2.05, 4.69) is 5.32 Å². The topological polar surface area (TPSA) is 58.6 Å². The Labute approximate surface area is 114 Å². The number of allylic oxidation sites excluding steroid dienone is 1. The Hall–Kier alpha value is -1.62. The maximum absolute atomic E-state index is 12.5. The standard InChI is InChI=1S/C14H22N2O3/c1-10(9-17)7-13(8-15-4)14(18)16-5-6-19-12(3)11(16)2/h7-9,11-12,15H,5-6H2,1-4H3/b10-7-,13-8?. The fraction of sp³-hybridized carbons (Fsp3) is 0.571. The monoisotopic (exact) mass is 266 g/mol. The number of hydrogen-bond acceptors (Lipinski definition) is 4. The molecule has 0 spiro atoms.